The van der Waals surface area contributed by atoms with Crippen LogP contribution in [0.5, 0.6) is 5.75 Å². The van der Waals surface area contributed by atoms with Crippen molar-refractivity contribution in [1.29, 1.82) is 0 Å². The number of carbonyl (C=O) groups excluding carboxylic acids is 2. The lowest BCUT2D eigenvalue weighted by Gasteiger charge is -2.42. The molecule has 4 rings (SSSR count). The van der Waals surface area contributed by atoms with E-state index in [4.69, 9.17) is 27.9 Å². The van der Waals surface area contributed by atoms with Crippen LogP contribution in [0.1, 0.15) is 73.0 Å². The number of halogens is 6. The third-order valence-corrected chi connectivity index (χ3v) is 8.86. The van der Waals surface area contributed by atoms with Gasteiger partial charge in [-0.3, -0.25) is 9.69 Å². The van der Waals surface area contributed by atoms with Gasteiger partial charge in [-0.1, -0.05) is 27.7 Å². The Kier molecular flexibility index (Phi) is 9.90. The first-order valence-corrected chi connectivity index (χ1v) is 16.1. The molecule has 0 N–H and O–H groups in total. The highest BCUT2D eigenvalue weighted by Crippen LogP contribution is 2.45. The van der Waals surface area contributed by atoms with Gasteiger partial charge in [0.15, 0.2) is 0 Å². The maximum Gasteiger partial charge on any atom is 0.493 e. The molecule has 43 heavy (non-hydrogen) atoms. The van der Waals surface area contributed by atoms with Gasteiger partial charge < -0.3 is 9.57 Å². The Hall–Kier alpha value is -2.61. The third-order valence-electron chi connectivity index (χ3n) is 7.58. The Bertz CT molecular complexity index is 1480. The summed E-state index contributed by atoms with van der Waals surface area (Å²) >= 11 is 12.4. The summed E-state index contributed by atoms with van der Waals surface area (Å²) in [4.78, 5) is 30.3. The zero-order valence-corrected chi connectivity index (χ0v) is 25.8. The summed E-state index contributed by atoms with van der Waals surface area (Å²) in [6.07, 6.45) is -2.16. The molecule has 1 aliphatic carbocycles. The predicted molar refractivity (Wildman–Crippen MR) is 151 cm³/mol. The average molecular weight is 670 g/mol. The first-order chi connectivity index (χ1) is 20.0. The van der Waals surface area contributed by atoms with Crippen LogP contribution in [0.4, 0.5) is 17.6 Å². The standard InChI is InChI=1S/C28H30Cl2F4N2O6S/c1-15-4-5-17(13-35(15)16(2)19-8-20(29)10-21(30)9-19)14-41-25-12-24(31)23(11-22(25)18-6-7-18)26(37)36(43(3,39)40)42-27(38)28(32,33)34/h8-12,15-18H,4-7,13-14H2,1-3H3/t15-,16-,17-/m1/s1. The second-order valence-corrected chi connectivity index (χ2v) is 13.7. The lowest BCUT2D eigenvalue weighted by Crippen LogP contribution is -2.44. The van der Waals surface area contributed by atoms with Gasteiger partial charge in [0.05, 0.1) is 18.4 Å². The van der Waals surface area contributed by atoms with Crippen molar-refractivity contribution >= 4 is 45.1 Å². The van der Waals surface area contributed by atoms with Crippen molar-refractivity contribution < 1.29 is 45.1 Å². The van der Waals surface area contributed by atoms with Gasteiger partial charge in [0.25, 0.3) is 10.0 Å². The van der Waals surface area contributed by atoms with E-state index in [1.165, 1.54) is 0 Å². The minimum absolute atomic E-state index is 0.00278. The fourth-order valence-corrected chi connectivity index (χ4v) is 6.31. The fourth-order valence-electron chi connectivity index (χ4n) is 5.16. The highest BCUT2D eigenvalue weighted by Gasteiger charge is 2.46. The van der Waals surface area contributed by atoms with Crippen molar-refractivity contribution in [3.05, 3.63) is 62.9 Å². The Labute approximate surface area is 256 Å². The zero-order valence-electron chi connectivity index (χ0n) is 23.5. The van der Waals surface area contributed by atoms with Crippen molar-refractivity contribution in [3.8, 4) is 5.75 Å². The second-order valence-electron chi connectivity index (χ2n) is 11.0. The SMILES string of the molecule is C[C@@H]1CC[C@@H](COc2cc(F)c(C(=O)N(OC(=O)C(F)(F)F)S(C)(=O)=O)cc2C2CC2)CN1[C@H](C)c1cc(Cl)cc(Cl)c1. The molecular weight excluding hydrogens is 639 g/mol. The minimum atomic E-state index is -5.59. The molecule has 0 bridgehead atoms. The Morgan fingerprint density at radius 2 is 1.70 bits per heavy atom. The number of likely N-dealkylation sites (tertiary alicyclic amines) is 1. The summed E-state index contributed by atoms with van der Waals surface area (Å²) in [6.45, 7) is 5.07. The topological polar surface area (TPSA) is 93.2 Å². The van der Waals surface area contributed by atoms with Gasteiger partial charge >= 0.3 is 18.1 Å². The van der Waals surface area contributed by atoms with Gasteiger partial charge in [0, 0.05) is 40.7 Å². The summed E-state index contributed by atoms with van der Waals surface area (Å²) in [7, 11) is -4.86. The van der Waals surface area contributed by atoms with Crippen LogP contribution < -0.4 is 4.74 Å². The molecule has 2 aromatic carbocycles. The normalized spacial score (nSPS) is 20.4. The molecule has 2 aromatic rings. The number of hydrogen-bond acceptors (Lipinski definition) is 7. The molecule has 1 amide bonds. The van der Waals surface area contributed by atoms with Crippen LogP contribution in [0.25, 0.3) is 0 Å². The molecule has 2 aliphatic rings. The lowest BCUT2D eigenvalue weighted by molar-refractivity contribution is -0.216. The summed E-state index contributed by atoms with van der Waals surface area (Å²) < 4.78 is 82.7. The Morgan fingerprint density at radius 1 is 1.07 bits per heavy atom. The van der Waals surface area contributed by atoms with E-state index in [9.17, 15) is 31.2 Å². The molecule has 1 aliphatic heterocycles. The van der Waals surface area contributed by atoms with Crippen LogP contribution in [0.15, 0.2) is 30.3 Å². The minimum Gasteiger partial charge on any atom is -0.493 e. The zero-order chi connectivity index (χ0) is 31.9. The van der Waals surface area contributed by atoms with Gasteiger partial charge in [0.1, 0.15) is 11.6 Å². The average Bonchev–Trinajstić information content (AvgIpc) is 3.74. The van der Waals surface area contributed by atoms with E-state index in [-0.39, 0.29) is 36.3 Å². The van der Waals surface area contributed by atoms with Gasteiger partial charge in [-0.25, -0.2) is 17.6 Å². The molecule has 2 fully saturated rings. The van der Waals surface area contributed by atoms with Gasteiger partial charge in [-0.15, -0.1) is 0 Å². The van der Waals surface area contributed by atoms with E-state index >= 15 is 4.39 Å². The van der Waals surface area contributed by atoms with Gasteiger partial charge in [-0.05, 0) is 80.8 Å². The van der Waals surface area contributed by atoms with Crippen molar-refractivity contribution in [2.24, 2.45) is 5.92 Å². The van der Waals surface area contributed by atoms with Crippen LogP contribution in [-0.4, -0.2) is 61.3 Å². The maximum atomic E-state index is 15.2. The molecule has 0 aromatic heterocycles. The third kappa shape index (κ3) is 8.11. The molecule has 1 heterocycles. The van der Waals surface area contributed by atoms with Crippen LogP contribution >= 0.6 is 23.2 Å². The number of hydroxylamine groups is 1. The summed E-state index contributed by atoms with van der Waals surface area (Å²) in [5.41, 5.74) is 0.498. The van der Waals surface area contributed by atoms with Crippen LogP contribution in [0, 0.1) is 11.7 Å². The second kappa shape index (κ2) is 12.8. The number of carbonyl (C=O) groups is 2. The van der Waals surface area contributed by atoms with Crippen molar-refractivity contribution in [2.75, 3.05) is 19.4 Å². The van der Waals surface area contributed by atoms with Crippen LogP contribution in [0.3, 0.4) is 0 Å². The molecule has 0 radical (unpaired) electrons. The molecule has 0 unspecified atom stereocenters. The number of rotatable bonds is 8. The van der Waals surface area contributed by atoms with E-state index in [1.54, 1.807) is 6.07 Å². The highest BCUT2D eigenvalue weighted by molar-refractivity contribution is 7.88. The maximum absolute atomic E-state index is 15.2. The van der Waals surface area contributed by atoms with Gasteiger partial charge in [-0.2, -0.15) is 13.2 Å². The van der Waals surface area contributed by atoms with Crippen molar-refractivity contribution in [1.82, 2.24) is 9.37 Å². The van der Waals surface area contributed by atoms with E-state index in [1.807, 2.05) is 12.1 Å². The first kappa shape index (κ1) is 33.3. The van der Waals surface area contributed by atoms with Crippen LogP contribution in [-0.2, 0) is 19.7 Å². The number of nitrogens with zero attached hydrogens (tertiary/aromatic N) is 2. The van der Waals surface area contributed by atoms with E-state index in [2.05, 4.69) is 23.6 Å². The summed E-state index contributed by atoms with van der Waals surface area (Å²) in [6, 6.07) is 7.62. The van der Waals surface area contributed by atoms with Gasteiger partial charge in [0.2, 0.25) is 0 Å². The molecule has 0 spiro atoms. The number of hydrogen-bond donors (Lipinski definition) is 0. The Morgan fingerprint density at radius 3 is 2.26 bits per heavy atom. The number of piperidine rings is 1. The monoisotopic (exact) mass is 668 g/mol. The fraction of sp³-hybridized carbons (Fsp3) is 0.500. The predicted octanol–water partition coefficient (Wildman–Crippen LogP) is 6.67. The number of benzene rings is 2. The number of alkyl halides is 3. The number of ether oxygens (including phenoxy) is 1. The quantitative estimate of drug-likeness (QED) is 0.229. The number of sulfonamides is 1. The first-order valence-electron chi connectivity index (χ1n) is 13.5. The molecule has 8 nitrogen and oxygen atoms in total. The smallest absolute Gasteiger partial charge is 0.493 e. The number of amides is 1. The molecule has 1 saturated carbocycles. The Balaban J connectivity index is 1.52. The summed E-state index contributed by atoms with van der Waals surface area (Å²) in [5, 5.41) is 1.07. The molecule has 236 valence electrons. The summed E-state index contributed by atoms with van der Waals surface area (Å²) in [5.74, 6) is -5.88. The molecule has 1 saturated heterocycles. The highest BCUT2D eigenvalue weighted by atomic mass is 35.5. The van der Waals surface area contributed by atoms with Crippen molar-refractivity contribution in [3.63, 3.8) is 0 Å². The molecule has 3 atom stereocenters. The van der Waals surface area contributed by atoms with Crippen LogP contribution in [0.2, 0.25) is 10.0 Å². The van der Waals surface area contributed by atoms with E-state index in [0.29, 0.717) is 41.3 Å². The molecular formula is C28H30Cl2F4N2O6S. The van der Waals surface area contributed by atoms with E-state index < -0.39 is 43.9 Å². The lowest BCUT2D eigenvalue weighted by atomic mass is 9.91. The molecule has 15 heteroatoms. The van der Waals surface area contributed by atoms with Crippen molar-refractivity contribution in [2.45, 2.75) is 63.7 Å². The largest absolute Gasteiger partial charge is 0.493 e. The van der Waals surface area contributed by atoms with E-state index in [0.717, 1.165) is 30.5 Å².